The second-order valence-electron chi connectivity index (χ2n) is 8.11. The largest absolute Gasteiger partial charge is 0.416 e. The topological polar surface area (TPSA) is 80.4 Å². The zero-order chi connectivity index (χ0) is 27.5. The number of nitrogens with zero attached hydrogens (tertiary/aromatic N) is 4. The highest BCUT2D eigenvalue weighted by Gasteiger charge is 2.32. The van der Waals surface area contributed by atoms with Crippen LogP contribution in [0.15, 0.2) is 53.3 Å². The van der Waals surface area contributed by atoms with Crippen LogP contribution in [-0.2, 0) is 24.1 Å². The summed E-state index contributed by atoms with van der Waals surface area (Å²) in [7, 11) is 1.22. The molecule has 1 heterocycles. The number of hydrogen-bond acceptors (Lipinski definition) is 4. The van der Waals surface area contributed by atoms with Crippen molar-refractivity contribution in [2.75, 3.05) is 13.7 Å². The van der Waals surface area contributed by atoms with Gasteiger partial charge in [-0.05, 0) is 42.0 Å². The van der Waals surface area contributed by atoms with E-state index in [2.05, 4.69) is 5.10 Å². The van der Waals surface area contributed by atoms with Gasteiger partial charge in [-0.2, -0.15) is 26.3 Å². The minimum atomic E-state index is -4.65. The summed E-state index contributed by atoms with van der Waals surface area (Å²) < 4.78 is 79.3. The van der Waals surface area contributed by atoms with E-state index >= 15 is 0 Å². The highest BCUT2D eigenvalue weighted by Crippen LogP contribution is 2.32. The number of rotatable bonds is 8. The van der Waals surface area contributed by atoms with E-state index in [9.17, 15) is 41.0 Å². The molecule has 3 aromatic rings. The molecule has 200 valence electrons. The van der Waals surface area contributed by atoms with Crippen LogP contribution >= 0.6 is 11.6 Å². The summed E-state index contributed by atoms with van der Waals surface area (Å²) in [6.45, 7) is -2.22. The summed E-state index contributed by atoms with van der Waals surface area (Å²) in [4.78, 5) is 26.8. The van der Waals surface area contributed by atoms with Gasteiger partial charge in [0.15, 0.2) is 5.82 Å². The van der Waals surface area contributed by atoms with E-state index in [1.807, 2.05) is 0 Å². The number of aliphatic hydroxyl groups excluding tert-OH is 1. The van der Waals surface area contributed by atoms with E-state index in [1.165, 1.54) is 37.4 Å². The van der Waals surface area contributed by atoms with Crippen LogP contribution in [0.4, 0.5) is 26.3 Å². The fourth-order valence-corrected chi connectivity index (χ4v) is 3.71. The molecule has 1 aromatic heterocycles. The molecule has 0 saturated carbocycles. The first-order chi connectivity index (χ1) is 17.2. The molecule has 7 nitrogen and oxygen atoms in total. The smallest absolute Gasteiger partial charge is 0.394 e. The highest BCUT2D eigenvalue weighted by molar-refractivity contribution is 6.30. The molecule has 0 fully saturated rings. The zero-order valence-corrected chi connectivity index (χ0v) is 20.0. The fraction of sp³-hybridized carbons (Fsp3) is 0.348. The Morgan fingerprint density at radius 1 is 1.11 bits per heavy atom. The maximum absolute atomic E-state index is 13.1. The predicted octanol–water partition coefficient (Wildman–Crippen LogP) is 4.53. The van der Waals surface area contributed by atoms with Crippen molar-refractivity contribution in [1.82, 2.24) is 19.2 Å². The molecule has 1 N–H and O–H groups in total. The van der Waals surface area contributed by atoms with Crippen molar-refractivity contribution in [3.05, 3.63) is 75.2 Å². The van der Waals surface area contributed by atoms with Crippen molar-refractivity contribution >= 4 is 17.5 Å². The molecule has 2 aromatic carbocycles. The number of hydrogen-bond donors (Lipinski definition) is 1. The normalized spacial score (nSPS) is 13.0. The number of aliphatic hydroxyl groups is 1. The van der Waals surface area contributed by atoms with Gasteiger partial charge in [0.2, 0.25) is 5.91 Å². The van der Waals surface area contributed by atoms with Crippen LogP contribution in [0.25, 0.3) is 11.4 Å². The number of carbonyl (C=O) groups is 1. The summed E-state index contributed by atoms with van der Waals surface area (Å²) in [5.74, 6) is -0.945. The van der Waals surface area contributed by atoms with Crippen LogP contribution in [0.1, 0.15) is 23.6 Å². The van der Waals surface area contributed by atoms with Gasteiger partial charge in [-0.25, -0.2) is 9.48 Å². The van der Waals surface area contributed by atoms with Gasteiger partial charge in [-0.3, -0.25) is 9.36 Å². The molecule has 0 aliphatic rings. The molecule has 14 heteroatoms. The average molecular weight is 551 g/mol. The predicted molar refractivity (Wildman–Crippen MR) is 122 cm³/mol. The SMILES string of the molecule is CN(C(=O)Cn1nc(-c2ccc(Cl)cc2)n(CCC(F)(F)F)c1=O)C(CO)c1cccc(C(F)(F)F)c1. The lowest BCUT2D eigenvalue weighted by Gasteiger charge is -2.27. The maximum Gasteiger partial charge on any atom is 0.416 e. The minimum Gasteiger partial charge on any atom is -0.394 e. The molecule has 1 amide bonds. The fourth-order valence-electron chi connectivity index (χ4n) is 3.58. The minimum absolute atomic E-state index is 0.00178. The van der Waals surface area contributed by atoms with E-state index in [-0.39, 0.29) is 17.0 Å². The van der Waals surface area contributed by atoms with Gasteiger partial charge >= 0.3 is 18.0 Å². The van der Waals surface area contributed by atoms with E-state index in [1.54, 1.807) is 0 Å². The van der Waals surface area contributed by atoms with Gasteiger partial charge in [-0.15, -0.1) is 5.10 Å². The molecule has 1 unspecified atom stereocenters. The second-order valence-corrected chi connectivity index (χ2v) is 8.55. The first kappa shape index (κ1) is 28.3. The summed E-state index contributed by atoms with van der Waals surface area (Å²) in [5, 5.41) is 14.2. The van der Waals surface area contributed by atoms with Crippen molar-refractivity contribution in [3.8, 4) is 11.4 Å². The third-order valence-electron chi connectivity index (χ3n) is 5.56. The Morgan fingerprint density at radius 3 is 2.32 bits per heavy atom. The van der Waals surface area contributed by atoms with Crippen molar-refractivity contribution in [3.63, 3.8) is 0 Å². The van der Waals surface area contributed by atoms with Gasteiger partial charge in [0.05, 0.1) is 24.6 Å². The van der Waals surface area contributed by atoms with Gasteiger partial charge < -0.3 is 10.0 Å². The first-order valence-electron chi connectivity index (χ1n) is 10.8. The van der Waals surface area contributed by atoms with E-state index in [0.29, 0.717) is 9.70 Å². The monoisotopic (exact) mass is 550 g/mol. The number of carbonyl (C=O) groups excluding carboxylic acids is 1. The zero-order valence-electron chi connectivity index (χ0n) is 19.2. The molecule has 3 rings (SSSR count). The quantitative estimate of drug-likeness (QED) is 0.418. The van der Waals surface area contributed by atoms with Crippen LogP contribution in [0.2, 0.25) is 5.02 Å². The Hall–Kier alpha value is -3.32. The molecular formula is C23H21ClF6N4O3. The number of likely N-dealkylation sites (N-methyl/N-ethyl adjacent to an activating group) is 1. The highest BCUT2D eigenvalue weighted by atomic mass is 35.5. The Kier molecular flexibility index (Phi) is 8.38. The van der Waals surface area contributed by atoms with Crippen LogP contribution in [-0.4, -0.2) is 50.1 Å². The standard InChI is InChI=1S/C23H21ClF6N4O3/c1-32(18(13-35)15-3-2-4-16(11-15)23(28,29)30)19(36)12-34-21(37)33(10-9-22(25,26)27)20(31-34)14-5-7-17(24)8-6-14/h2-8,11,18,35H,9-10,12-13H2,1H3. The van der Waals surface area contributed by atoms with Gasteiger partial charge in [0.1, 0.15) is 6.54 Å². The van der Waals surface area contributed by atoms with Crippen molar-refractivity contribution in [2.24, 2.45) is 0 Å². The lowest BCUT2D eigenvalue weighted by atomic mass is 10.0. The summed E-state index contributed by atoms with van der Waals surface area (Å²) in [6, 6.07) is 8.67. The molecule has 0 saturated heterocycles. The molecule has 0 aliphatic heterocycles. The summed E-state index contributed by atoms with van der Waals surface area (Å²) in [5.41, 5.74) is -1.69. The van der Waals surface area contributed by atoms with Crippen LogP contribution < -0.4 is 5.69 Å². The molecule has 37 heavy (non-hydrogen) atoms. The number of halogens is 7. The first-order valence-corrected chi connectivity index (χ1v) is 11.1. The lowest BCUT2D eigenvalue weighted by molar-refractivity contribution is -0.138. The number of benzene rings is 2. The third-order valence-corrected chi connectivity index (χ3v) is 5.81. The molecule has 0 aliphatic carbocycles. The molecule has 1 atom stereocenters. The van der Waals surface area contributed by atoms with Gasteiger partial charge in [0.25, 0.3) is 0 Å². The second kappa shape index (κ2) is 11.0. The maximum atomic E-state index is 13.1. The third kappa shape index (κ3) is 6.92. The van der Waals surface area contributed by atoms with Crippen LogP contribution in [0.3, 0.4) is 0 Å². The molecule has 0 bridgehead atoms. The Morgan fingerprint density at radius 2 is 1.76 bits per heavy atom. The van der Waals surface area contributed by atoms with Crippen LogP contribution in [0.5, 0.6) is 0 Å². The molecule has 0 spiro atoms. The van der Waals surface area contributed by atoms with E-state index < -0.39 is 61.7 Å². The summed E-state index contributed by atoms with van der Waals surface area (Å²) >= 11 is 5.85. The van der Waals surface area contributed by atoms with Crippen LogP contribution in [0, 0.1) is 0 Å². The van der Waals surface area contributed by atoms with Crippen molar-refractivity contribution in [1.29, 1.82) is 0 Å². The number of aromatic nitrogens is 3. The van der Waals surface area contributed by atoms with Crippen molar-refractivity contribution in [2.45, 2.75) is 37.9 Å². The Balaban J connectivity index is 1.92. The van der Waals surface area contributed by atoms with Gasteiger partial charge in [0, 0.05) is 24.2 Å². The Labute approximate surface area is 211 Å². The summed E-state index contributed by atoms with van der Waals surface area (Å²) in [6.07, 6.45) is -10.5. The Bertz CT molecular complexity index is 1300. The number of alkyl halides is 6. The molecular weight excluding hydrogens is 530 g/mol. The van der Waals surface area contributed by atoms with Crippen molar-refractivity contribution < 1.29 is 36.2 Å². The number of amides is 1. The van der Waals surface area contributed by atoms with Gasteiger partial charge in [-0.1, -0.05) is 23.7 Å². The lowest BCUT2D eigenvalue weighted by Crippen LogP contribution is -2.38. The van der Waals surface area contributed by atoms with E-state index in [0.717, 1.165) is 27.7 Å². The molecule has 0 radical (unpaired) electrons. The van der Waals surface area contributed by atoms with E-state index in [4.69, 9.17) is 11.6 Å². The average Bonchev–Trinajstić information content (AvgIpc) is 3.12.